The van der Waals surface area contributed by atoms with E-state index in [1.165, 1.54) is 36.9 Å². The van der Waals surface area contributed by atoms with E-state index in [1.54, 1.807) is 7.11 Å². The number of nitrogens with one attached hydrogen (secondary N) is 2. The summed E-state index contributed by atoms with van der Waals surface area (Å²) in [4.78, 5) is 0. The van der Waals surface area contributed by atoms with Crippen LogP contribution in [0, 0.1) is 11.8 Å². The summed E-state index contributed by atoms with van der Waals surface area (Å²) >= 11 is 0. The Morgan fingerprint density at radius 2 is 2.05 bits per heavy atom. The molecular formula is C18H26N2O2. The number of hydrogen-bond acceptors (Lipinski definition) is 4. The standard InChI is InChI=1S/C18H26N2O2/c1-21-13-4-5-16-15(11-13)18-14(3-2-10-22-18)17(20-16)12-6-8-19-9-7-12/h4-5,11-12,14,17-20H,2-3,6-10H2,1H3. The monoisotopic (exact) mass is 302 g/mol. The van der Waals surface area contributed by atoms with Gasteiger partial charge in [0.2, 0.25) is 0 Å². The van der Waals surface area contributed by atoms with Gasteiger partial charge in [-0.15, -0.1) is 0 Å². The van der Waals surface area contributed by atoms with E-state index in [2.05, 4.69) is 28.8 Å². The first kappa shape index (κ1) is 14.3. The van der Waals surface area contributed by atoms with E-state index in [4.69, 9.17) is 9.47 Å². The van der Waals surface area contributed by atoms with Crippen LogP contribution in [0.5, 0.6) is 5.75 Å². The Kier molecular flexibility index (Phi) is 3.97. The van der Waals surface area contributed by atoms with Gasteiger partial charge in [-0.1, -0.05) is 0 Å². The number of benzene rings is 1. The van der Waals surface area contributed by atoms with E-state index < -0.39 is 0 Å². The van der Waals surface area contributed by atoms with Crippen LogP contribution in [-0.4, -0.2) is 32.8 Å². The maximum Gasteiger partial charge on any atom is 0.119 e. The molecule has 2 fully saturated rings. The molecule has 3 aliphatic heterocycles. The number of fused-ring (bicyclic) bond motifs is 3. The Labute approximate surface area is 132 Å². The molecule has 0 radical (unpaired) electrons. The van der Waals surface area contributed by atoms with Crippen LogP contribution < -0.4 is 15.4 Å². The summed E-state index contributed by atoms with van der Waals surface area (Å²) in [5, 5.41) is 7.34. The van der Waals surface area contributed by atoms with Gasteiger partial charge in [0, 0.05) is 29.8 Å². The minimum atomic E-state index is 0.236. The summed E-state index contributed by atoms with van der Waals surface area (Å²) in [6, 6.07) is 6.92. The van der Waals surface area contributed by atoms with Crippen LogP contribution in [0.25, 0.3) is 0 Å². The lowest BCUT2D eigenvalue weighted by molar-refractivity contribution is -0.0455. The van der Waals surface area contributed by atoms with Crippen LogP contribution >= 0.6 is 0 Å². The van der Waals surface area contributed by atoms with Crippen LogP contribution in [0.1, 0.15) is 37.4 Å². The highest BCUT2D eigenvalue weighted by atomic mass is 16.5. The highest BCUT2D eigenvalue weighted by Gasteiger charge is 2.42. The van der Waals surface area contributed by atoms with Crippen LogP contribution in [0.15, 0.2) is 18.2 Å². The van der Waals surface area contributed by atoms with Crippen molar-refractivity contribution in [1.29, 1.82) is 0 Å². The molecule has 4 nitrogen and oxygen atoms in total. The maximum atomic E-state index is 6.22. The predicted octanol–water partition coefficient (Wildman–Crippen LogP) is 2.96. The van der Waals surface area contributed by atoms with Gasteiger partial charge in [-0.2, -0.15) is 0 Å². The molecule has 1 aromatic carbocycles. The topological polar surface area (TPSA) is 42.5 Å². The quantitative estimate of drug-likeness (QED) is 0.881. The second kappa shape index (κ2) is 6.09. The van der Waals surface area contributed by atoms with Crippen LogP contribution in [0.4, 0.5) is 5.69 Å². The molecule has 0 amide bonds. The lowest BCUT2D eigenvalue weighted by Gasteiger charge is -2.47. The summed E-state index contributed by atoms with van der Waals surface area (Å²) in [5.74, 6) is 2.27. The molecule has 2 N–H and O–H groups in total. The Morgan fingerprint density at radius 1 is 1.18 bits per heavy atom. The van der Waals surface area contributed by atoms with E-state index >= 15 is 0 Å². The van der Waals surface area contributed by atoms with E-state index in [0.717, 1.165) is 31.4 Å². The maximum absolute atomic E-state index is 6.22. The van der Waals surface area contributed by atoms with Gasteiger partial charge in [0.05, 0.1) is 13.2 Å². The second-order valence-corrected chi connectivity index (χ2v) is 6.81. The molecule has 0 bridgehead atoms. The van der Waals surface area contributed by atoms with Crippen LogP contribution in [0.2, 0.25) is 0 Å². The van der Waals surface area contributed by atoms with Crippen molar-refractivity contribution in [3.63, 3.8) is 0 Å². The highest BCUT2D eigenvalue weighted by Crippen LogP contribution is 2.47. The van der Waals surface area contributed by atoms with Crippen molar-refractivity contribution < 1.29 is 9.47 Å². The molecule has 0 spiro atoms. The molecule has 3 unspecified atom stereocenters. The molecule has 0 saturated carbocycles. The molecule has 1 aromatic rings. The normalized spacial score (nSPS) is 31.8. The lowest BCUT2D eigenvalue weighted by atomic mass is 9.73. The fourth-order valence-corrected chi connectivity index (χ4v) is 4.48. The highest BCUT2D eigenvalue weighted by molar-refractivity contribution is 5.58. The largest absolute Gasteiger partial charge is 0.497 e. The Hall–Kier alpha value is -1.26. The van der Waals surface area contributed by atoms with Crippen molar-refractivity contribution in [3.8, 4) is 5.75 Å². The third-order valence-electron chi connectivity index (χ3n) is 5.61. The first-order chi connectivity index (χ1) is 10.9. The number of rotatable bonds is 2. The summed E-state index contributed by atoms with van der Waals surface area (Å²) in [5.41, 5.74) is 2.53. The third kappa shape index (κ3) is 2.48. The molecule has 4 rings (SSSR count). The Balaban J connectivity index is 1.67. The zero-order chi connectivity index (χ0) is 14.9. The Bertz CT molecular complexity index is 528. The molecule has 3 heterocycles. The smallest absolute Gasteiger partial charge is 0.119 e. The van der Waals surface area contributed by atoms with Gasteiger partial charge in [0.15, 0.2) is 0 Å². The molecule has 0 aliphatic carbocycles. The summed E-state index contributed by atoms with van der Waals surface area (Å²) in [6.45, 7) is 3.18. The van der Waals surface area contributed by atoms with E-state index in [-0.39, 0.29) is 6.10 Å². The predicted molar refractivity (Wildman–Crippen MR) is 87.4 cm³/mol. The minimum Gasteiger partial charge on any atom is -0.497 e. The van der Waals surface area contributed by atoms with Crippen molar-refractivity contribution in [2.75, 3.05) is 32.1 Å². The molecular weight excluding hydrogens is 276 g/mol. The van der Waals surface area contributed by atoms with Crippen LogP contribution in [0.3, 0.4) is 0 Å². The van der Waals surface area contributed by atoms with E-state index in [9.17, 15) is 0 Å². The van der Waals surface area contributed by atoms with Gasteiger partial charge in [-0.25, -0.2) is 0 Å². The van der Waals surface area contributed by atoms with Crippen molar-refractivity contribution in [2.24, 2.45) is 11.8 Å². The van der Waals surface area contributed by atoms with Crippen molar-refractivity contribution >= 4 is 5.69 Å². The fourth-order valence-electron chi connectivity index (χ4n) is 4.48. The van der Waals surface area contributed by atoms with Crippen LogP contribution in [-0.2, 0) is 4.74 Å². The second-order valence-electron chi connectivity index (χ2n) is 6.81. The van der Waals surface area contributed by atoms with Gasteiger partial charge in [0.25, 0.3) is 0 Å². The molecule has 3 atom stereocenters. The van der Waals surface area contributed by atoms with Crippen molar-refractivity contribution in [1.82, 2.24) is 5.32 Å². The van der Waals surface area contributed by atoms with Gasteiger partial charge in [0.1, 0.15) is 5.75 Å². The molecule has 120 valence electrons. The molecule has 3 aliphatic rings. The third-order valence-corrected chi connectivity index (χ3v) is 5.61. The summed E-state index contributed by atoms with van der Waals surface area (Å²) in [7, 11) is 1.73. The van der Waals surface area contributed by atoms with Crippen molar-refractivity contribution in [3.05, 3.63) is 23.8 Å². The zero-order valence-electron chi connectivity index (χ0n) is 13.3. The summed E-state index contributed by atoms with van der Waals surface area (Å²) < 4.78 is 11.6. The van der Waals surface area contributed by atoms with Gasteiger partial charge in [-0.3, -0.25) is 0 Å². The number of methoxy groups -OCH3 is 1. The van der Waals surface area contributed by atoms with Gasteiger partial charge >= 0.3 is 0 Å². The number of anilines is 1. The van der Waals surface area contributed by atoms with E-state index in [1.807, 2.05) is 0 Å². The average molecular weight is 302 g/mol. The number of ether oxygens (including phenoxy) is 2. The average Bonchev–Trinajstić information content (AvgIpc) is 2.61. The number of piperidine rings is 1. The van der Waals surface area contributed by atoms with Crippen molar-refractivity contribution in [2.45, 2.75) is 37.8 Å². The van der Waals surface area contributed by atoms with Gasteiger partial charge in [-0.05, 0) is 62.9 Å². The Morgan fingerprint density at radius 3 is 2.86 bits per heavy atom. The first-order valence-corrected chi connectivity index (χ1v) is 8.63. The fraction of sp³-hybridized carbons (Fsp3) is 0.667. The van der Waals surface area contributed by atoms with Gasteiger partial charge < -0.3 is 20.1 Å². The number of hydrogen-bond donors (Lipinski definition) is 2. The molecule has 0 aromatic heterocycles. The minimum absolute atomic E-state index is 0.236. The molecule has 22 heavy (non-hydrogen) atoms. The molecule has 2 saturated heterocycles. The molecule has 4 heteroatoms. The zero-order valence-corrected chi connectivity index (χ0v) is 13.3. The SMILES string of the molecule is COc1ccc2c(c1)C1OCCCC1C(C1CCNCC1)N2. The first-order valence-electron chi connectivity index (χ1n) is 8.63. The summed E-state index contributed by atoms with van der Waals surface area (Å²) in [6.07, 6.45) is 5.23. The lowest BCUT2D eigenvalue weighted by Crippen LogP contribution is -2.48. The van der Waals surface area contributed by atoms with E-state index in [0.29, 0.717) is 12.0 Å².